The van der Waals surface area contributed by atoms with E-state index in [1.165, 1.54) is 17.0 Å². The summed E-state index contributed by atoms with van der Waals surface area (Å²) >= 11 is 3.28. The molecule has 3 aliphatic rings. The molecule has 1 saturated heterocycles. The largest absolute Gasteiger partial charge is 0.464 e. The molecule has 0 bridgehead atoms. The second-order valence-corrected chi connectivity index (χ2v) is 15.1. The van der Waals surface area contributed by atoms with E-state index in [1.807, 2.05) is 12.2 Å². The van der Waals surface area contributed by atoms with Crippen LogP contribution < -0.4 is 10.6 Å². The Hall–Kier alpha value is -2.97. The average molecular weight is 713 g/mol. The minimum Gasteiger partial charge on any atom is -0.464 e. The van der Waals surface area contributed by atoms with E-state index in [0.29, 0.717) is 17.3 Å². The van der Waals surface area contributed by atoms with Crippen molar-refractivity contribution < 1.29 is 41.3 Å². The summed E-state index contributed by atoms with van der Waals surface area (Å²) in [6.07, 6.45) is 5.49. The first-order valence-electron chi connectivity index (χ1n) is 15.3. The van der Waals surface area contributed by atoms with Gasteiger partial charge in [-0.15, -0.1) is 0 Å². The van der Waals surface area contributed by atoms with E-state index >= 15 is 0 Å². The number of hydrogen-bond donors (Lipinski definition) is 2. The van der Waals surface area contributed by atoms with E-state index in [1.54, 1.807) is 39.8 Å². The van der Waals surface area contributed by atoms with Gasteiger partial charge in [-0.05, 0) is 77.6 Å². The summed E-state index contributed by atoms with van der Waals surface area (Å²) < 4.78 is 43.2. The van der Waals surface area contributed by atoms with Crippen molar-refractivity contribution in [2.75, 3.05) is 13.2 Å². The van der Waals surface area contributed by atoms with Gasteiger partial charge in [-0.3, -0.25) is 13.8 Å². The first kappa shape index (κ1) is 34.9. The van der Waals surface area contributed by atoms with Crippen LogP contribution in [0.15, 0.2) is 45.8 Å². The molecule has 0 aromatic heterocycles. The van der Waals surface area contributed by atoms with Gasteiger partial charge < -0.3 is 25.0 Å². The summed E-state index contributed by atoms with van der Waals surface area (Å²) in [6.45, 7) is 6.70. The molecule has 2 fully saturated rings. The number of hydrogen-bond acceptors (Lipinski definition) is 9. The maximum Gasteiger partial charge on any atom is 0.408 e. The molecule has 248 valence electrons. The van der Waals surface area contributed by atoms with Gasteiger partial charge in [0.25, 0.3) is 10.1 Å². The smallest absolute Gasteiger partial charge is 0.408 e. The Kier molecular flexibility index (Phi) is 11.0. The Morgan fingerprint density at radius 1 is 1.13 bits per heavy atom. The topological polar surface area (TPSA) is 157 Å². The molecule has 1 unspecified atom stereocenters. The fourth-order valence-electron chi connectivity index (χ4n) is 5.66. The lowest BCUT2D eigenvalue weighted by atomic mass is 10.0. The number of fused-ring (bicyclic) bond motifs is 2. The van der Waals surface area contributed by atoms with Crippen molar-refractivity contribution in [3.63, 3.8) is 0 Å². The summed E-state index contributed by atoms with van der Waals surface area (Å²) in [5.41, 5.74) is -2.09. The second-order valence-electron chi connectivity index (χ2n) is 12.6. The predicted molar refractivity (Wildman–Crippen MR) is 167 cm³/mol. The SMILES string of the molecule is CCOC(=O)[C@@]12CC1/C=C\CCCCC[C@H](NC(=O)OC(C)(C)C)C(=O)N1C[C@@H](OS(=O)(=O)c3ccc(Br)cc3)C[C@H]1C(=O)N2. The number of carbonyl (C=O) groups is 4. The first-order chi connectivity index (χ1) is 21.1. The number of amides is 3. The first-order valence-corrected chi connectivity index (χ1v) is 17.5. The van der Waals surface area contributed by atoms with Crippen LogP contribution in [0.1, 0.15) is 72.6 Å². The lowest BCUT2D eigenvalue weighted by molar-refractivity contribution is -0.150. The number of benzene rings is 1. The third-order valence-electron chi connectivity index (χ3n) is 7.94. The second kappa shape index (κ2) is 14.2. The molecule has 14 heteroatoms. The van der Waals surface area contributed by atoms with Crippen LogP contribution in [0.4, 0.5) is 4.79 Å². The molecule has 0 radical (unpaired) electrons. The number of rotatable bonds is 6. The highest BCUT2D eigenvalue weighted by Gasteiger charge is 2.62. The van der Waals surface area contributed by atoms with Crippen LogP contribution in [0, 0.1) is 5.92 Å². The maximum absolute atomic E-state index is 14.1. The quantitative estimate of drug-likeness (QED) is 0.253. The molecular weight excluding hydrogens is 670 g/mol. The summed E-state index contributed by atoms with van der Waals surface area (Å²) in [7, 11) is -4.25. The van der Waals surface area contributed by atoms with Gasteiger partial charge in [0.05, 0.1) is 17.6 Å². The van der Waals surface area contributed by atoms with Gasteiger partial charge >= 0.3 is 12.1 Å². The van der Waals surface area contributed by atoms with Crippen LogP contribution in [-0.4, -0.2) is 79.7 Å². The van der Waals surface area contributed by atoms with Crippen LogP contribution in [0.2, 0.25) is 0 Å². The Morgan fingerprint density at radius 2 is 1.84 bits per heavy atom. The van der Waals surface area contributed by atoms with Crippen molar-refractivity contribution in [3.05, 3.63) is 40.9 Å². The highest BCUT2D eigenvalue weighted by molar-refractivity contribution is 9.10. The van der Waals surface area contributed by atoms with Crippen molar-refractivity contribution in [1.82, 2.24) is 15.5 Å². The molecule has 1 saturated carbocycles. The molecule has 4 rings (SSSR count). The number of carbonyl (C=O) groups excluding carboxylic acids is 4. The Bertz CT molecular complexity index is 1410. The maximum atomic E-state index is 14.1. The van der Waals surface area contributed by atoms with Gasteiger partial charge in [-0.1, -0.05) is 40.9 Å². The Morgan fingerprint density at radius 3 is 2.51 bits per heavy atom. The molecule has 12 nitrogen and oxygen atoms in total. The number of nitrogens with zero attached hydrogens (tertiary/aromatic N) is 1. The molecule has 1 aliphatic carbocycles. The van der Waals surface area contributed by atoms with Crippen molar-refractivity contribution >= 4 is 49.9 Å². The van der Waals surface area contributed by atoms with Crippen LogP contribution in [0.25, 0.3) is 0 Å². The van der Waals surface area contributed by atoms with Gasteiger partial charge in [0, 0.05) is 23.4 Å². The van der Waals surface area contributed by atoms with Gasteiger partial charge in [0.1, 0.15) is 23.2 Å². The van der Waals surface area contributed by atoms with E-state index in [2.05, 4.69) is 26.6 Å². The number of esters is 1. The fourth-order valence-corrected chi connectivity index (χ4v) is 7.01. The van der Waals surface area contributed by atoms with E-state index in [9.17, 15) is 27.6 Å². The lowest BCUT2D eigenvalue weighted by Gasteiger charge is -2.30. The Labute approximate surface area is 272 Å². The third-order valence-corrected chi connectivity index (χ3v) is 9.84. The van der Waals surface area contributed by atoms with Crippen LogP contribution in [0.3, 0.4) is 0 Å². The van der Waals surface area contributed by atoms with Crippen LogP contribution in [-0.2, 0) is 38.2 Å². The van der Waals surface area contributed by atoms with Crippen molar-refractivity contribution in [3.8, 4) is 0 Å². The molecule has 2 aliphatic heterocycles. The van der Waals surface area contributed by atoms with Gasteiger partial charge in [0.15, 0.2) is 0 Å². The number of ether oxygens (including phenoxy) is 2. The minimum absolute atomic E-state index is 0.0794. The van der Waals surface area contributed by atoms with E-state index in [-0.39, 0.29) is 36.8 Å². The normalized spacial score (nSPS) is 28.4. The van der Waals surface area contributed by atoms with Crippen molar-refractivity contribution in [2.45, 2.75) is 107 Å². The zero-order chi connectivity index (χ0) is 33.0. The molecule has 3 amide bonds. The fraction of sp³-hybridized carbons (Fsp3) is 0.613. The van der Waals surface area contributed by atoms with E-state index in [4.69, 9.17) is 13.7 Å². The monoisotopic (exact) mass is 711 g/mol. The number of halogens is 1. The number of alkyl carbamates (subject to hydrolysis) is 1. The molecule has 1 aromatic carbocycles. The predicted octanol–water partition coefficient (Wildman–Crippen LogP) is 3.98. The van der Waals surface area contributed by atoms with Crippen molar-refractivity contribution in [2.24, 2.45) is 5.92 Å². The number of allylic oxidation sites excluding steroid dienone is 1. The lowest BCUT2D eigenvalue weighted by Crippen LogP contribution is -2.56. The third kappa shape index (κ3) is 8.85. The van der Waals surface area contributed by atoms with Gasteiger partial charge in [0.2, 0.25) is 11.8 Å². The molecule has 1 aromatic rings. The molecule has 45 heavy (non-hydrogen) atoms. The summed E-state index contributed by atoms with van der Waals surface area (Å²) in [6, 6.07) is 3.69. The molecule has 2 N–H and O–H groups in total. The van der Waals surface area contributed by atoms with Crippen LogP contribution in [0.5, 0.6) is 0 Å². The average Bonchev–Trinajstić information content (AvgIpc) is 3.48. The highest BCUT2D eigenvalue weighted by Crippen LogP contribution is 2.46. The van der Waals surface area contributed by atoms with Gasteiger partial charge in [-0.25, -0.2) is 9.59 Å². The molecule has 5 atom stereocenters. The molecular formula is C31H42BrN3O9S. The highest BCUT2D eigenvalue weighted by atomic mass is 79.9. The van der Waals surface area contributed by atoms with Crippen LogP contribution >= 0.6 is 15.9 Å². The zero-order valence-electron chi connectivity index (χ0n) is 26.0. The molecule has 2 heterocycles. The molecule has 0 spiro atoms. The summed E-state index contributed by atoms with van der Waals surface area (Å²) in [4.78, 5) is 55.0. The Balaban J connectivity index is 1.65. The van der Waals surface area contributed by atoms with Crippen molar-refractivity contribution in [1.29, 1.82) is 0 Å². The summed E-state index contributed by atoms with van der Waals surface area (Å²) in [5, 5.41) is 5.50. The zero-order valence-corrected chi connectivity index (χ0v) is 28.4. The number of nitrogens with one attached hydrogen (secondary N) is 2. The van der Waals surface area contributed by atoms with E-state index < -0.39 is 63.3 Å². The van der Waals surface area contributed by atoms with Gasteiger partial charge in [-0.2, -0.15) is 8.42 Å². The van der Waals surface area contributed by atoms with E-state index in [0.717, 1.165) is 19.3 Å². The standard InChI is InChI=1S/C31H42BrN3O9S/c1-5-42-28(38)31-18-20(31)11-9-7-6-8-10-12-24(33-29(39)43-30(2,3)4)27(37)35-19-22(17-25(35)26(36)34-31)44-45(40,41)23-15-13-21(32)14-16-23/h9,11,13-16,20,22,24-25H,5-8,10,12,17-19H2,1-4H3,(H,33,39)(H,34,36)/b11-9-/t20?,22-,24-,25-,31+/m0/s1. The summed E-state index contributed by atoms with van der Waals surface area (Å²) in [5.74, 6) is -2.05. The minimum atomic E-state index is -4.25.